The maximum atomic E-state index is 13.3. The number of hydrogen-bond donors (Lipinski definition) is 2. The van der Waals surface area contributed by atoms with Gasteiger partial charge in [0.2, 0.25) is 0 Å². The highest BCUT2D eigenvalue weighted by atomic mass is 19.4. The lowest BCUT2D eigenvalue weighted by Crippen LogP contribution is -2.26. The molecule has 0 radical (unpaired) electrons. The van der Waals surface area contributed by atoms with Crippen molar-refractivity contribution in [3.63, 3.8) is 0 Å². The molecule has 3 heterocycles. The molecule has 4 rings (SSSR count). The van der Waals surface area contributed by atoms with Crippen LogP contribution in [0.1, 0.15) is 24.1 Å². The molecule has 1 unspecified atom stereocenters. The van der Waals surface area contributed by atoms with Gasteiger partial charge in [0.05, 0.1) is 0 Å². The maximum absolute atomic E-state index is 13.3. The molecule has 2 aromatic heterocycles. The van der Waals surface area contributed by atoms with Crippen molar-refractivity contribution in [2.75, 3.05) is 17.2 Å². The zero-order chi connectivity index (χ0) is 22.6. The Labute approximate surface area is 182 Å². The third kappa shape index (κ3) is 5.38. The van der Waals surface area contributed by atoms with Gasteiger partial charge in [0.25, 0.3) is 5.91 Å². The fraction of sp³-hybridized carbons (Fsp3) is 0.273. The van der Waals surface area contributed by atoms with Crippen LogP contribution in [0.15, 0.2) is 54.9 Å². The summed E-state index contributed by atoms with van der Waals surface area (Å²) in [6, 6.07) is 11.0. The molecule has 2 N–H and O–H groups in total. The van der Waals surface area contributed by atoms with E-state index in [4.69, 9.17) is 4.74 Å². The van der Waals surface area contributed by atoms with Crippen LogP contribution in [-0.2, 0) is 22.3 Å². The molecule has 3 aromatic rings. The quantitative estimate of drug-likeness (QED) is 0.591. The van der Waals surface area contributed by atoms with E-state index in [1.165, 1.54) is 12.4 Å². The van der Waals surface area contributed by atoms with Gasteiger partial charge in [-0.25, -0.2) is 9.97 Å². The van der Waals surface area contributed by atoms with Crippen LogP contribution in [0.3, 0.4) is 0 Å². The van der Waals surface area contributed by atoms with E-state index in [1.54, 1.807) is 36.4 Å². The molecule has 166 valence electrons. The summed E-state index contributed by atoms with van der Waals surface area (Å²) in [7, 11) is 0. The van der Waals surface area contributed by atoms with Gasteiger partial charge < -0.3 is 15.4 Å². The second-order valence-corrected chi connectivity index (χ2v) is 7.24. The van der Waals surface area contributed by atoms with Crippen LogP contribution < -0.4 is 10.6 Å². The Morgan fingerprint density at radius 2 is 1.94 bits per heavy atom. The van der Waals surface area contributed by atoms with Gasteiger partial charge in [-0.1, -0.05) is 12.1 Å². The van der Waals surface area contributed by atoms with Crippen molar-refractivity contribution >= 4 is 17.4 Å². The van der Waals surface area contributed by atoms with Crippen LogP contribution >= 0.6 is 0 Å². The van der Waals surface area contributed by atoms with Crippen LogP contribution in [0, 0.1) is 0 Å². The van der Waals surface area contributed by atoms with Gasteiger partial charge >= 0.3 is 6.18 Å². The zero-order valence-corrected chi connectivity index (χ0v) is 16.9. The smallest absolute Gasteiger partial charge is 0.368 e. The lowest BCUT2D eigenvalue weighted by Gasteiger charge is -2.13. The Hall–Kier alpha value is -3.53. The van der Waals surface area contributed by atoms with E-state index in [-0.39, 0.29) is 24.1 Å². The number of ether oxygens (including phenoxy) is 1. The molecule has 1 saturated heterocycles. The molecule has 7 nitrogen and oxygen atoms in total. The highest BCUT2D eigenvalue weighted by molar-refractivity contribution is 5.94. The lowest BCUT2D eigenvalue weighted by molar-refractivity contribution is -0.141. The Balaban J connectivity index is 1.50. The van der Waals surface area contributed by atoms with Crippen molar-refractivity contribution in [1.29, 1.82) is 0 Å². The number of hydrogen-bond acceptors (Lipinski definition) is 6. The number of pyridine rings is 1. The summed E-state index contributed by atoms with van der Waals surface area (Å²) >= 11 is 0. The molecular formula is C22H20F3N5O2. The van der Waals surface area contributed by atoms with E-state index in [9.17, 15) is 18.0 Å². The standard InChI is InChI=1S/C22H20F3N5O2/c23-22(24,25)18-12-19(30-20(29-18)15-6-8-26-9-7-15)27-13-14-3-1-4-16(11-14)28-21(31)17-5-2-10-32-17/h1,3-4,6-9,11-12,17H,2,5,10,13H2,(H,28,31)(H,27,29,30). The highest BCUT2D eigenvalue weighted by Gasteiger charge is 2.34. The molecular weight excluding hydrogens is 423 g/mol. The molecule has 1 aromatic carbocycles. The lowest BCUT2D eigenvalue weighted by atomic mass is 10.2. The maximum Gasteiger partial charge on any atom is 0.433 e. The molecule has 1 aliphatic heterocycles. The van der Waals surface area contributed by atoms with E-state index in [1.807, 2.05) is 0 Å². The molecule has 0 saturated carbocycles. The largest absolute Gasteiger partial charge is 0.433 e. The van der Waals surface area contributed by atoms with Gasteiger partial charge in [-0.3, -0.25) is 9.78 Å². The van der Waals surface area contributed by atoms with E-state index in [0.717, 1.165) is 18.1 Å². The minimum Gasteiger partial charge on any atom is -0.368 e. The molecule has 0 aliphatic carbocycles. The minimum absolute atomic E-state index is 0.0351. The Kier molecular flexibility index (Phi) is 6.31. The number of amides is 1. The van der Waals surface area contributed by atoms with Crippen molar-refractivity contribution in [2.45, 2.75) is 31.7 Å². The first kappa shape index (κ1) is 21.7. The summed E-state index contributed by atoms with van der Waals surface area (Å²) in [5.74, 6) is -0.226. The van der Waals surface area contributed by atoms with Crippen molar-refractivity contribution in [2.24, 2.45) is 0 Å². The average Bonchev–Trinajstić information content (AvgIpc) is 3.33. The van der Waals surface area contributed by atoms with Crippen molar-refractivity contribution in [1.82, 2.24) is 15.0 Å². The molecule has 1 atom stereocenters. The first-order valence-electron chi connectivity index (χ1n) is 10.0. The van der Waals surface area contributed by atoms with Gasteiger partial charge in [0.15, 0.2) is 11.5 Å². The second-order valence-electron chi connectivity index (χ2n) is 7.24. The third-order valence-electron chi connectivity index (χ3n) is 4.85. The van der Waals surface area contributed by atoms with Gasteiger partial charge in [-0.2, -0.15) is 13.2 Å². The SMILES string of the molecule is O=C(Nc1cccc(CNc2cc(C(F)(F)F)nc(-c3ccncc3)n2)c1)C1CCCO1. The van der Waals surface area contributed by atoms with Crippen molar-refractivity contribution < 1.29 is 22.7 Å². The van der Waals surface area contributed by atoms with Gasteiger partial charge in [-0.05, 0) is 42.7 Å². The summed E-state index contributed by atoms with van der Waals surface area (Å²) in [4.78, 5) is 24.0. The summed E-state index contributed by atoms with van der Waals surface area (Å²) < 4.78 is 45.4. The normalized spacial score (nSPS) is 16.0. The monoisotopic (exact) mass is 443 g/mol. The number of rotatable bonds is 6. The number of carbonyl (C=O) groups is 1. The average molecular weight is 443 g/mol. The van der Waals surface area contributed by atoms with Gasteiger partial charge in [-0.15, -0.1) is 0 Å². The number of carbonyl (C=O) groups excluding carboxylic acids is 1. The number of halogens is 3. The minimum atomic E-state index is -4.62. The van der Waals surface area contributed by atoms with Crippen LogP contribution in [0.2, 0.25) is 0 Å². The van der Waals surface area contributed by atoms with Crippen molar-refractivity contribution in [3.8, 4) is 11.4 Å². The zero-order valence-electron chi connectivity index (χ0n) is 16.9. The highest BCUT2D eigenvalue weighted by Crippen LogP contribution is 2.31. The Bertz CT molecular complexity index is 1090. The number of alkyl halides is 3. The first-order valence-corrected chi connectivity index (χ1v) is 10.0. The fourth-order valence-electron chi connectivity index (χ4n) is 3.27. The number of benzene rings is 1. The summed E-state index contributed by atoms with van der Waals surface area (Å²) in [6.07, 6.45) is -0.617. The molecule has 10 heteroatoms. The fourth-order valence-corrected chi connectivity index (χ4v) is 3.27. The van der Waals surface area contributed by atoms with E-state index in [0.29, 0.717) is 24.3 Å². The summed E-state index contributed by atoms with van der Waals surface area (Å²) in [5.41, 5.74) is 0.723. The molecule has 0 spiro atoms. The molecule has 1 amide bonds. The number of nitrogens with zero attached hydrogens (tertiary/aromatic N) is 3. The van der Waals surface area contributed by atoms with Gasteiger partial charge in [0, 0.05) is 42.9 Å². The van der Waals surface area contributed by atoms with Crippen LogP contribution in [0.4, 0.5) is 24.7 Å². The molecule has 1 fully saturated rings. The Morgan fingerprint density at radius 1 is 1.12 bits per heavy atom. The first-order chi connectivity index (χ1) is 15.4. The van der Waals surface area contributed by atoms with E-state index in [2.05, 4.69) is 25.6 Å². The predicted molar refractivity (Wildman–Crippen MR) is 112 cm³/mol. The van der Waals surface area contributed by atoms with Crippen LogP contribution in [0.5, 0.6) is 0 Å². The molecule has 32 heavy (non-hydrogen) atoms. The van der Waals surface area contributed by atoms with E-state index < -0.39 is 18.0 Å². The molecule has 1 aliphatic rings. The van der Waals surface area contributed by atoms with Crippen LogP contribution in [-0.4, -0.2) is 33.6 Å². The van der Waals surface area contributed by atoms with Crippen LogP contribution in [0.25, 0.3) is 11.4 Å². The van der Waals surface area contributed by atoms with E-state index >= 15 is 0 Å². The number of aromatic nitrogens is 3. The second kappa shape index (κ2) is 9.31. The third-order valence-corrected chi connectivity index (χ3v) is 4.85. The predicted octanol–water partition coefficient (Wildman–Crippen LogP) is 4.29. The topological polar surface area (TPSA) is 89.0 Å². The number of nitrogens with one attached hydrogen (secondary N) is 2. The Morgan fingerprint density at radius 3 is 2.66 bits per heavy atom. The van der Waals surface area contributed by atoms with Crippen molar-refractivity contribution in [3.05, 3.63) is 66.1 Å². The molecule has 0 bridgehead atoms. The van der Waals surface area contributed by atoms with Gasteiger partial charge in [0.1, 0.15) is 11.9 Å². The summed E-state index contributed by atoms with van der Waals surface area (Å²) in [5, 5.41) is 5.73. The summed E-state index contributed by atoms with van der Waals surface area (Å²) in [6.45, 7) is 0.774. The number of anilines is 2.